The third-order valence-electron chi connectivity index (χ3n) is 3.08. The first-order valence-corrected chi connectivity index (χ1v) is 7.71. The Hall–Kier alpha value is -2.50. The molecule has 1 heterocycles. The normalized spacial score (nSPS) is 10.8. The van der Waals surface area contributed by atoms with E-state index in [1.165, 1.54) is 0 Å². The number of rotatable bonds is 3. The van der Waals surface area contributed by atoms with E-state index in [2.05, 4.69) is 20.8 Å². The standard InChI is InChI=1S/C17H13ClN4S/c18-13-6-9-14(10-7-13)21-17(23)22-19-11-15-8-5-12-3-1-2-4-16(12)20-15/h1-11H,(H2,21,22,23)/b19-11+. The number of aromatic nitrogens is 1. The van der Waals surface area contributed by atoms with Crippen LogP contribution in [0.2, 0.25) is 5.02 Å². The van der Waals surface area contributed by atoms with Crippen LogP contribution in [0.3, 0.4) is 0 Å². The molecular formula is C17H13ClN4S. The van der Waals surface area contributed by atoms with Gasteiger partial charge in [-0.15, -0.1) is 0 Å². The number of para-hydroxylation sites is 1. The molecule has 3 aromatic rings. The van der Waals surface area contributed by atoms with E-state index < -0.39 is 0 Å². The maximum atomic E-state index is 5.83. The van der Waals surface area contributed by atoms with Crippen molar-refractivity contribution >= 4 is 51.7 Å². The monoisotopic (exact) mass is 340 g/mol. The third kappa shape index (κ3) is 4.25. The highest BCUT2D eigenvalue weighted by Gasteiger charge is 1.97. The lowest BCUT2D eigenvalue weighted by molar-refractivity contribution is 1.05. The van der Waals surface area contributed by atoms with E-state index in [1.54, 1.807) is 18.3 Å². The summed E-state index contributed by atoms with van der Waals surface area (Å²) < 4.78 is 0. The first-order valence-electron chi connectivity index (χ1n) is 6.92. The highest BCUT2D eigenvalue weighted by molar-refractivity contribution is 7.80. The molecule has 0 saturated heterocycles. The van der Waals surface area contributed by atoms with Crippen molar-refractivity contribution in [2.75, 3.05) is 5.32 Å². The second kappa shape index (κ2) is 7.17. The van der Waals surface area contributed by atoms with Gasteiger partial charge >= 0.3 is 0 Å². The van der Waals surface area contributed by atoms with Crippen LogP contribution in [0.5, 0.6) is 0 Å². The number of anilines is 1. The van der Waals surface area contributed by atoms with Crippen molar-refractivity contribution in [3.8, 4) is 0 Å². The zero-order valence-corrected chi connectivity index (χ0v) is 13.6. The predicted octanol–water partition coefficient (Wildman–Crippen LogP) is 4.21. The number of nitrogens with zero attached hydrogens (tertiary/aromatic N) is 2. The van der Waals surface area contributed by atoms with Crippen molar-refractivity contribution < 1.29 is 0 Å². The summed E-state index contributed by atoms with van der Waals surface area (Å²) in [5.74, 6) is 0. The van der Waals surface area contributed by atoms with Crippen molar-refractivity contribution in [1.29, 1.82) is 0 Å². The number of hydrogen-bond acceptors (Lipinski definition) is 3. The van der Waals surface area contributed by atoms with Gasteiger partial charge in [-0.25, -0.2) is 4.98 Å². The van der Waals surface area contributed by atoms with E-state index in [0.717, 1.165) is 22.3 Å². The molecular weight excluding hydrogens is 328 g/mol. The van der Waals surface area contributed by atoms with Crippen LogP contribution in [0.1, 0.15) is 5.69 Å². The van der Waals surface area contributed by atoms with Crippen LogP contribution in [-0.4, -0.2) is 16.3 Å². The van der Waals surface area contributed by atoms with Crippen LogP contribution >= 0.6 is 23.8 Å². The maximum absolute atomic E-state index is 5.83. The Morgan fingerprint density at radius 2 is 1.83 bits per heavy atom. The molecule has 0 unspecified atom stereocenters. The van der Waals surface area contributed by atoms with Crippen LogP contribution in [0, 0.1) is 0 Å². The van der Waals surface area contributed by atoms with Crippen LogP contribution < -0.4 is 10.7 Å². The number of halogens is 1. The molecule has 0 atom stereocenters. The molecule has 0 radical (unpaired) electrons. The molecule has 0 aliphatic heterocycles. The number of nitrogens with one attached hydrogen (secondary N) is 2. The average molecular weight is 341 g/mol. The lowest BCUT2D eigenvalue weighted by Crippen LogP contribution is -2.23. The molecule has 0 fully saturated rings. The van der Waals surface area contributed by atoms with Crippen molar-refractivity contribution in [2.45, 2.75) is 0 Å². The molecule has 0 spiro atoms. The quantitative estimate of drug-likeness (QED) is 0.426. The van der Waals surface area contributed by atoms with Gasteiger partial charge in [0.05, 0.1) is 17.4 Å². The molecule has 114 valence electrons. The van der Waals surface area contributed by atoms with E-state index >= 15 is 0 Å². The van der Waals surface area contributed by atoms with E-state index in [9.17, 15) is 0 Å². The van der Waals surface area contributed by atoms with Crippen LogP contribution in [0.25, 0.3) is 10.9 Å². The Morgan fingerprint density at radius 1 is 1.04 bits per heavy atom. The van der Waals surface area contributed by atoms with Gasteiger partial charge < -0.3 is 5.32 Å². The Kier molecular flexibility index (Phi) is 4.80. The molecule has 4 nitrogen and oxygen atoms in total. The van der Waals surface area contributed by atoms with Gasteiger partial charge in [-0.1, -0.05) is 35.9 Å². The molecule has 2 N–H and O–H groups in total. The summed E-state index contributed by atoms with van der Waals surface area (Å²) in [7, 11) is 0. The maximum Gasteiger partial charge on any atom is 0.191 e. The number of thiocarbonyl (C=S) groups is 1. The smallest absolute Gasteiger partial charge is 0.191 e. The van der Waals surface area contributed by atoms with Crippen LogP contribution in [0.15, 0.2) is 65.8 Å². The zero-order chi connectivity index (χ0) is 16.1. The molecule has 0 saturated carbocycles. The van der Waals surface area contributed by atoms with Crippen LogP contribution in [-0.2, 0) is 0 Å². The lowest BCUT2D eigenvalue weighted by atomic mass is 10.2. The minimum Gasteiger partial charge on any atom is -0.331 e. The van der Waals surface area contributed by atoms with Gasteiger partial charge in [0, 0.05) is 16.1 Å². The number of pyridine rings is 1. The third-order valence-corrected chi connectivity index (χ3v) is 3.53. The molecule has 3 rings (SSSR count). The number of benzene rings is 2. The number of fused-ring (bicyclic) bond motifs is 1. The van der Waals surface area contributed by atoms with Gasteiger partial charge in [-0.2, -0.15) is 5.10 Å². The summed E-state index contributed by atoms with van der Waals surface area (Å²) in [5, 5.41) is 9.27. The lowest BCUT2D eigenvalue weighted by Gasteiger charge is -2.06. The molecule has 0 aliphatic carbocycles. The molecule has 23 heavy (non-hydrogen) atoms. The van der Waals surface area contributed by atoms with E-state index in [1.807, 2.05) is 48.5 Å². The Bertz CT molecular complexity index is 862. The Labute approximate surface area is 144 Å². The summed E-state index contributed by atoms with van der Waals surface area (Å²) in [6.07, 6.45) is 1.63. The second-order valence-corrected chi connectivity index (χ2v) is 5.60. The molecule has 2 aromatic carbocycles. The number of hydrazone groups is 1. The van der Waals surface area contributed by atoms with Crippen molar-refractivity contribution in [2.24, 2.45) is 5.10 Å². The predicted molar refractivity (Wildman–Crippen MR) is 100 cm³/mol. The summed E-state index contributed by atoms with van der Waals surface area (Å²) in [4.78, 5) is 4.50. The van der Waals surface area contributed by atoms with Crippen LogP contribution in [0.4, 0.5) is 5.69 Å². The topological polar surface area (TPSA) is 49.3 Å². The van der Waals surface area contributed by atoms with Gasteiger partial charge in [-0.05, 0) is 48.6 Å². The molecule has 6 heteroatoms. The first kappa shape index (κ1) is 15.4. The van der Waals surface area contributed by atoms with Gasteiger partial charge in [0.15, 0.2) is 5.11 Å². The van der Waals surface area contributed by atoms with Gasteiger partial charge in [0.25, 0.3) is 0 Å². The second-order valence-electron chi connectivity index (χ2n) is 4.76. The van der Waals surface area contributed by atoms with Gasteiger partial charge in [0.2, 0.25) is 0 Å². The Balaban J connectivity index is 1.60. The zero-order valence-electron chi connectivity index (χ0n) is 12.0. The average Bonchev–Trinajstić information content (AvgIpc) is 2.57. The fourth-order valence-electron chi connectivity index (χ4n) is 2.00. The minimum absolute atomic E-state index is 0.393. The fraction of sp³-hybridized carbons (Fsp3) is 0. The van der Waals surface area contributed by atoms with Crippen molar-refractivity contribution in [1.82, 2.24) is 10.4 Å². The largest absolute Gasteiger partial charge is 0.331 e. The summed E-state index contributed by atoms with van der Waals surface area (Å²) >= 11 is 11.0. The summed E-state index contributed by atoms with van der Waals surface area (Å²) in [6, 6.07) is 19.1. The Morgan fingerprint density at radius 3 is 2.65 bits per heavy atom. The van der Waals surface area contributed by atoms with Gasteiger partial charge in [-0.3, -0.25) is 5.43 Å². The number of hydrogen-bond donors (Lipinski definition) is 2. The summed E-state index contributed by atoms with van der Waals surface area (Å²) in [6.45, 7) is 0. The summed E-state index contributed by atoms with van der Waals surface area (Å²) in [5.41, 5.74) is 5.28. The van der Waals surface area contributed by atoms with E-state index in [4.69, 9.17) is 23.8 Å². The highest BCUT2D eigenvalue weighted by atomic mass is 35.5. The van der Waals surface area contributed by atoms with Gasteiger partial charge in [0.1, 0.15) is 0 Å². The molecule has 0 amide bonds. The molecule has 1 aromatic heterocycles. The highest BCUT2D eigenvalue weighted by Crippen LogP contribution is 2.13. The SMILES string of the molecule is S=C(N/N=C/c1ccc2ccccc2n1)Nc1ccc(Cl)cc1. The molecule has 0 aliphatic rings. The fourth-order valence-corrected chi connectivity index (χ4v) is 2.30. The van der Waals surface area contributed by atoms with Crippen molar-refractivity contribution in [3.63, 3.8) is 0 Å². The van der Waals surface area contributed by atoms with E-state index in [-0.39, 0.29) is 0 Å². The molecule has 0 bridgehead atoms. The van der Waals surface area contributed by atoms with E-state index in [0.29, 0.717) is 10.1 Å². The van der Waals surface area contributed by atoms with Crippen molar-refractivity contribution in [3.05, 3.63) is 71.4 Å². The minimum atomic E-state index is 0.393. The first-order chi connectivity index (χ1) is 11.2.